The van der Waals surface area contributed by atoms with Gasteiger partial charge in [-0.15, -0.1) is 11.3 Å². The van der Waals surface area contributed by atoms with Gasteiger partial charge in [-0.05, 0) is 50.2 Å². The van der Waals surface area contributed by atoms with Gasteiger partial charge in [0.15, 0.2) is 0 Å². The molecule has 1 atom stereocenters. The Kier molecular flexibility index (Phi) is 2.45. The summed E-state index contributed by atoms with van der Waals surface area (Å²) in [5.74, 6) is 0.803. The number of nitrogens with zero attached hydrogens (tertiary/aromatic N) is 1. The standard InChI is InChI=1S/C15H17NOS/c1-9-16-15-12(13-3-2-6-17-13)7-11(10-4-5-10)8-14(15)18-9/h7-8,10,13H,2-6H2,1H3. The molecule has 0 radical (unpaired) electrons. The third-order valence-electron chi connectivity index (χ3n) is 3.98. The third kappa shape index (κ3) is 1.77. The third-order valence-corrected chi connectivity index (χ3v) is 4.90. The fraction of sp³-hybridized carbons (Fsp3) is 0.533. The highest BCUT2D eigenvalue weighted by molar-refractivity contribution is 7.18. The van der Waals surface area contributed by atoms with Crippen molar-refractivity contribution in [3.8, 4) is 0 Å². The minimum atomic E-state index is 0.285. The van der Waals surface area contributed by atoms with Gasteiger partial charge < -0.3 is 4.74 Å². The predicted octanol–water partition coefficient (Wildman–Crippen LogP) is 4.33. The molecular formula is C15H17NOS. The lowest BCUT2D eigenvalue weighted by molar-refractivity contribution is 0.113. The van der Waals surface area contributed by atoms with Crippen molar-refractivity contribution < 1.29 is 4.74 Å². The Hall–Kier alpha value is -0.930. The molecule has 2 aliphatic rings. The average Bonchev–Trinajstić information content (AvgIpc) is 2.93. The van der Waals surface area contributed by atoms with E-state index in [0.717, 1.165) is 24.0 Å². The highest BCUT2D eigenvalue weighted by atomic mass is 32.1. The predicted molar refractivity (Wildman–Crippen MR) is 74.3 cm³/mol. The van der Waals surface area contributed by atoms with E-state index in [1.807, 2.05) is 11.3 Å². The Morgan fingerprint density at radius 3 is 2.89 bits per heavy atom. The monoisotopic (exact) mass is 259 g/mol. The topological polar surface area (TPSA) is 22.1 Å². The summed E-state index contributed by atoms with van der Waals surface area (Å²) in [6, 6.07) is 4.73. The second-order valence-corrected chi connectivity index (χ2v) is 6.70. The molecule has 0 amide bonds. The van der Waals surface area contributed by atoms with Crippen molar-refractivity contribution in [2.24, 2.45) is 0 Å². The Morgan fingerprint density at radius 2 is 2.17 bits per heavy atom. The summed E-state index contributed by atoms with van der Waals surface area (Å²) < 4.78 is 7.23. The molecule has 2 heterocycles. The van der Waals surface area contributed by atoms with Gasteiger partial charge >= 0.3 is 0 Å². The van der Waals surface area contributed by atoms with Crippen LogP contribution in [0.2, 0.25) is 0 Å². The zero-order valence-electron chi connectivity index (χ0n) is 10.6. The van der Waals surface area contributed by atoms with E-state index in [9.17, 15) is 0 Å². The lowest BCUT2D eigenvalue weighted by Gasteiger charge is -2.12. The number of ether oxygens (including phenoxy) is 1. The van der Waals surface area contributed by atoms with E-state index in [1.165, 1.54) is 40.6 Å². The average molecular weight is 259 g/mol. The van der Waals surface area contributed by atoms with Gasteiger partial charge in [-0.25, -0.2) is 4.98 Å². The molecule has 1 aromatic heterocycles. The maximum Gasteiger partial charge on any atom is 0.0907 e. The lowest BCUT2D eigenvalue weighted by atomic mass is 10.0. The van der Waals surface area contributed by atoms with Crippen LogP contribution in [0, 0.1) is 6.92 Å². The SMILES string of the molecule is Cc1nc2c(C3CCCO3)cc(C3CC3)cc2s1. The maximum absolute atomic E-state index is 5.88. The Balaban J connectivity index is 1.90. The molecule has 2 aromatic rings. The number of fused-ring (bicyclic) bond motifs is 1. The van der Waals surface area contributed by atoms with Crippen molar-refractivity contribution in [1.82, 2.24) is 4.98 Å². The molecule has 1 aliphatic carbocycles. The quantitative estimate of drug-likeness (QED) is 0.800. The molecule has 94 valence electrons. The van der Waals surface area contributed by atoms with E-state index < -0.39 is 0 Å². The molecule has 3 heteroatoms. The van der Waals surface area contributed by atoms with Crippen LogP contribution in [0.4, 0.5) is 0 Å². The summed E-state index contributed by atoms with van der Waals surface area (Å²) in [5, 5.41) is 1.16. The molecule has 1 saturated carbocycles. The van der Waals surface area contributed by atoms with Crippen LogP contribution in [0.1, 0.15) is 53.8 Å². The van der Waals surface area contributed by atoms with Gasteiger partial charge in [-0.2, -0.15) is 0 Å². The smallest absolute Gasteiger partial charge is 0.0907 e. The minimum Gasteiger partial charge on any atom is -0.373 e. The molecule has 0 N–H and O–H groups in total. The van der Waals surface area contributed by atoms with Gasteiger partial charge in [-0.3, -0.25) is 0 Å². The molecule has 0 spiro atoms. The molecule has 0 bridgehead atoms. The second kappa shape index (κ2) is 4.04. The van der Waals surface area contributed by atoms with Gasteiger partial charge in [0.1, 0.15) is 0 Å². The van der Waals surface area contributed by atoms with Crippen LogP contribution in [0.3, 0.4) is 0 Å². The van der Waals surface area contributed by atoms with Crippen LogP contribution < -0.4 is 0 Å². The van der Waals surface area contributed by atoms with Crippen molar-refractivity contribution in [3.63, 3.8) is 0 Å². The summed E-state index contributed by atoms with van der Waals surface area (Å²) in [6.07, 6.45) is 5.33. The van der Waals surface area contributed by atoms with Crippen LogP contribution in [0.5, 0.6) is 0 Å². The van der Waals surface area contributed by atoms with E-state index in [2.05, 4.69) is 19.1 Å². The number of rotatable bonds is 2. The molecule has 2 fully saturated rings. The Labute approximate surface area is 111 Å². The van der Waals surface area contributed by atoms with Crippen molar-refractivity contribution in [2.75, 3.05) is 6.61 Å². The van der Waals surface area contributed by atoms with Gasteiger partial charge in [-0.1, -0.05) is 6.07 Å². The first-order valence-corrected chi connectivity index (χ1v) is 7.65. The maximum atomic E-state index is 5.88. The highest BCUT2D eigenvalue weighted by Crippen LogP contribution is 2.44. The van der Waals surface area contributed by atoms with E-state index in [0.29, 0.717) is 0 Å². The number of aryl methyl sites for hydroxylation is 1. The summed E-state index contributed by atoms with van der Waals surface area (Å²) in [5.41, 5.74) is 4.04. The van der Waals surface area contributed by atoms with Crippen LogP contribution in [-0.2, 0) is 4.74 Å². The Bertz CT molecular complexity index is 594. The number of thiazole rings is 1. The normalized spacial score (nSPS) is 23.9. The summed E-state index contributed by atoms with van der Waals surface area (Å²) in [6.45, 7) is 3.00. The van der Waals surface area contributed by atoms with Crippen LogP contribution in [0.15, 0.2) is 12.1 Å². The molecule has 1 unspecified atom stereocenters. The molecular weight excluding hydrogens is 242 g/mol. The number of hydrogen-bond donors (Lipinski definition) is 0. The van der Waals surface area contributed by atoms with Gasteiger partial charge in [0.25, 0.3) is 0 Å². The van der Waals surface area contributed by atoms with E-state index in [4.69, 9.17) is 9.72 Å². The minimum absolute atomic E-state index is 0.285. The van der Waals surface area contributed by atoms with Gasteiger partial charge in [0, 0.05) is 12.2 Å². The van der Waals surface area contributed by atoms with Crippen LogP contribution >= 0.6 is 11.3 Å². The Morgan fingerprint density at radius 1 is 1.28 bits per heavy atom. The van der Waals surface area contributed by atoms with Crippen molar-refractivity contribution in [2.45, 2.75) is 44.6 Å². The summed E-state index contributed by atoms with van der Waals surface area (Å²) in [7, 11) is 0. The first-order valence-electron chi connectivity index (χ1n) is 6.84. The van der Waals surface area contributed by atoms with Gasteiger partial charge in [0.2, 0.25) is 0 Å². The number of hydrogen-bond acceptors (Lipinski definition) is 3. The first kappa shape index (κ1) is 10.9. The molecule has 4 rings (SSSR count). The van der Waals surface area contributed by atoms with Crippen molar-refractivity contribution >= 4 is 21.6 Å². The van der Waals surface area contributed by atoms with Crippen LogP contribution in [0.25, 0.3) is 10.2 Å². The van der Waals surface area contributed by atoms with E-state index in [-0.39, 0.29) is 6.10 Å². The van der Waals surface area contributed by atoms with E-state index >= 15 is 0 Å². The zero-order valence-corrected chi connectivity index (χ0v) is 11.4. The fourth-order valence-electron chi connectivity index (χ4n) is 2.91. The first-order chi connectivity index (χ1) is 8.81. The van der Waals surface area contributed by atoms with Gasteiger partial charge in [0.05, 0.1) is 21.3 Å². The molecule has 1 saturated heterocycles. The molecule has 1 aromatic carbocycles. The second-order valence-electron chi connectivity index (χ2n) is 5.47. The number of benzene rings is 1. The number of aromatic nitrogens is 1. The fourth-order valence-corrected chi connectivity index (χ4v) is 3.82. The largest absolute Gasteiger partial charge is 0.373 e. The van der Waals surface area contributed by atoms with Crippen molar-refractivity contribution in [1.29, 1.82) is 0 Å². The van der Waals surface area contributed by atoms with Crippen molar-refractivity contribution in [3.05, 3.63) is 28.3 Å². The summed E-state index contributed by atoms with van der Waals surface area (Å²) in [4.78, 5) is 4.72. The molecule has 2 nitrogen and oxygen atoms in total. The summed E-state index contributed by atoms with van der Waals surface area (Å²) >= 11 is 1.82. The highest BCUT2D eigenvalue weighted by Gasteiger charge is 2.28. The molecule has 1 aliphatic heterocycles. The van der Waals surface area contributed by atoms with E-state index in [1.54, 1.807) is 0 Å². The molecule has 18 heavy (non-hydrogen) atoms. The van der Waals surface area contributed by atoms with Crippen LogP contribution in [-0.4, -0.2) is 11.6 Å². The zero-order chi connectivity index (χ0) is 12.1. The lowest BCUT2D eigenvalue weighted by Crippen LogP contribution is -1.98.